The first-order chi connectivity index (χ1) is 7.56. The zero-order chi connectivity index (χ0) is 12.6. The molecule has 0 spiro atoms. The Labute approximate surface area is 112 Å². The van der Waals surface area contributed by atoms with Crippen LogP contribution in [0.15, 0.2) is 0 Å². The largest absolute Gasteiger partial charge is 0.465 e. The summed E-state index contributed by atoms with van der Waals surface area (Å²) < 4.78 is 9.68. The van der Waals surface area contributed by atoms with Gasteiger partial charge in [0.05, 0.1) is 13.2 Å². The van der Waals surface area contributed by atoms with Crippen LogP contribution in [0.5, 0.6) is 0 Å². The van der Waals surface area contributed by atoms with Gasteiger partial charge in [-0.15, -0.1) is 0 Å². The van der Waals surface area contributed by atoms with Crippen LogP contribution in [0, 0.1) is 5.92 Å². The van der Waals surface area contributed by atoms with Crippen molar-refractivity contribution in [2.24, 2.45) is 5.92 Å². The summed E-state index contributed by atoms with van der Waals surface area (Å²) in [5.41, 5.74) is 0. The zero-order valence-electron chi connectivity index (χ0n) is 9.37. The molecule has 0 aromatic carbocycles. The lowest BCUT2D eigenvalue weighted by Gasteiger charge is -2.16. The molecule has 6 heteroatoms. The van der Waals surface area contributed by atoms with Crippen molar-refractivity contribution in [1.29, 1.82) is 0 Å². The molecular weight excluding hydrogens is 344 g/mol. The van der Waals surface area contributed by atoms with Gasteiger partial charge in [0.15, 0.2) is 5.92 Å². The van der Waals surface area contributed by atoms with Crippen molar-refractivity contribution in [3.8, 4) is 0 Å². The van der Waals surface area contributed by atoms with E-state index in [1.807, 2.05) is 0 Å². The Balaban J connectivity index is 4.49. The first-order valence-electron chi connectivity index (χ1n) is 5.10. The molecule has 0 bridgehead atoms. The predicted molar refractivity (Wildman–Crippen MR) is 67.9 cm³/mol. The van der Waals surface area contributed by atoms with Crippen molar-refractivity contribution in [2.45, 2.75) is 25.1 Å². The predicted octanol–water partition coefficient (Wildman–Crippen LogP) is 2.28. The fraction of sp³-hybridized carbons (Fsp3) is 0.800. The normalized spacial score (nSPS) is 12.3. The SMILES string of the molecule is CCOC(=O)C(CC(Br)CBr)C(=O)OCC. The third kappa shape index (κ3) is 5.84. The average molecular weight is 360 g/mol. The molecule has 94 valence electrons. The van der Waals surface area contributed by atoms with Crippen LogP contribution in [0.25, 0.3) is 0 Å². The van der Waals surface area contributed by atoms with Gasteiger partial charge < -0.3 is 9.47 Å². The van der Waals surface area contributed by atoms with Crippen LogP contribution >= 0.6 is 31.9 Å². The minimum Gasteiger partial charge on any atom is -0.465 e. The van der Waals surface area contributed by atoms with Gasteiger partial charge in [-0.1, -0.05) is 31.9 Å². The van der Waals surface area contributed by atoms with Crippen LogP contribution in [-0.4, -0.2) is 35.3 Å². The lowest BCUT2D eigenvalue weighted by atomic mass is 10.0. The molecule has 4 nitrogen and oxygen atoms in total. The number of esters is 2. The number of halogens is 2. The van der Waals surface area contributed by atoms with E-state index in [2.05, 4.69) is 31.9 Å². The first kappa shape index (κ1) is 15.9. The molecule has 0 fully saturated rings. The third-order valence-corrected chi connectivity index (χ3v) is 4.15. The van der Waals surface area contributed by atoms with Gasteiger partial charge in [-0.3, -0.25) is 9.59 Å². The number of rotatable bonds is 7. The van der Waals surface area contributed by atoms with E-state index >= 15 is 0 Å². The summed E-state index contributed by atoms with van der Waals surface area (Å²) in [4.78, 5) is 23.1. The van der Waals surface area contributed by atoms with E-state index in [1.54, 1.807) is 13.8 Å². The van der Waals surface area contributed by atoms with E-state index in [1.165, 1.54) is 0 Å². The van der Waals surface area contributed by atoms with Crippen molar-refractivity contribution >= 4 is 43.8 Å². The Kier molecular flexibility index (Phi) is 8.93. The van der Waals surface area contributed by atoms with Crippen LogP contribution in [0.2, 0.25) is 0 Å². The van der Waals surface area contributed by atoms with Crippen LogP contribution in [0.4, 0.5) is 0 Å². The van der Waals surface area contributed by atoms with Gasteiger partial charge in [0.2, 0.25) is 0 Å². The molecule has 0 aromatic rings. The van der Waals surface area contributed by atoms with Crippen molar-refractivity contribution in [3.05, 3.63) is 0 Å². The van der Waals surface area contributed by atoms with Crippen molar-refractivity contribution in [1.82, 2.24) is 0 Å². The maximum absolute atomic E-state index is 11.6. The molecule has 0 aliphatic carbocycles. The second-order valence-electron chi connectivity index (χ2n) is 3.04. The summed E-state index contributed by atoms with van der Waals surface area (Å²) >= 11 is 6.62. The summed E-state index contributed by atoms with van der Waals surface area (Å²) in [5, 5.41) is 0.655. The van der Waals surface area contributed by atoms with Crippen LogP contribution < -0.4 is 0 Å². The summed E-state index contributed by atoms with van der Waals surface area (Å²) in [5.74, 6) is -1.89. The number of ether oxygens (including phenoxy) is 2. The highest BCUT2D eigenvalue weighted by molar-refractivity contribution is 9.12. The van der Waals surface area contributed by atoms with E-state index in [-0.39, 0.29) is 18.0 Å². The Morgan fingerprint density at radius 1 is 1.12 bits per heavy atom. The maximum atomic E-state index is 11.6. The number of carbonyl (C=O) groups excluding carboxylic acids is 2. The van der Waals surface area contributed by atoms with Gasteiger partial charge in [-0.25, -0.2) is 0 Å². The highest BCUT2D eigenvalue weighted by Gasteiger charge is 2.31. The molecule has 0 heterocycles. The molecule has 0 aromatic heterocycles. The highest BCUT2D eigenvalue weighted by atomic mass is 79.9. The molecule has 0 saturated carbocycles. The minimum absolute atomic E-state index is 0.0336. The number of hydrogen-bond donors (Lipinski definition) is 0. The number of alkyl halides is 2. The van der Waals surface area contributed by atoms with Crippen molar-refractivity contribution in [3.63, 3.8) is 0 Å². The zero-order valence-corrected chi connectivity index (χ0v) is 12.5. The molecule has 0 rings (SSSR count). The molecule has 0 radical (unpaired) electrons. The lowest BCUT2D eigenvalue weighted by molar-refractivity contribution is -0.161. The Hall–Kier alpha value is -0.100. The smallest absolute Gasteiger partial charge is 0.320 e. The molecule has 0 N–H and O–H groups in total. The van der Waals surface area contributed by atoms with E-state index in [0.29, 0.717) is 11.8 Å². The van der Waals surface area contributed by atoms with Gasteiger partial charge in [0.1, 0.15) is 0 Å². The Morgan fingerprint density at radius 2 is 1.56 bits per heavy atom. The molecule has 1 unspecified atom stereocenters. The summed E-state index contributed by atoms with van der Waals surface area (Å²) in [6, 6.07) is 0. The monoisotopic (exact) mass is 358 g/mol. The van der Waals surface area contributed by atoms with E-state index in [0.717, 1.165) is 0 Å². The highest BCUT2D eigenvalue weighted by Crippen LogP contribution is 2.18. The molecular formula is C10H16Br2O4. The van der Waals surface area contributed by atoms with Gasteiger partial charge in [0.25, 0.3) is 0 Å². The summed E-state index contributed by atoms with van der Waals surface area (Å²) in [7, 11) is 0. The Morgan fingerprint density at radius 3 is 1.88 bits per heavy atom. The molecule has 0 aliphatic heterocycles. The molecule has 0 saturated heterocycles. The van der Waals surface area contributed by atoms with Crippen molar-refractivity contribution < 1.29 is 19.1 Å². The molecule has 0 aliphatic rings. The fourth-order valence-electron chi connectivity index (χ4n) is 1.09. The van der Waals surface area contributed by atoms with Gasteiger partial charge in [0, 0.05) is 10.2 Å². The van der Waals surface area contributed by atoms with Gasteiger partial charge in [-0.2, -0.15) is 0 Å². The number of carbonyl (C=O) groups is 2. The summed E-state index contributed by atoms with van der Waals surface area (Å²) in [6.07, 6.45) is 0.364. The summed E-state index contributed by atoms with van der Waals surface area (Å²) in [6.45, 7) is 3.93. The third-order valence-electron chi connectivity index (χ3n) is 1.80. The first-order valence-corrected chi connectivity index (χ1v) is 7.13. The van der Waals surface area contributed by atoms with Crippen LogP contribution in [0.1, 0.15) is 20.3 Å². The maximum Gasteiger partial charge on any atom is 0.320 e. The average Bonchev–Trinajstić information content (AvgIpc) is 2.25. The van der Waals surface area contributed by atoms with Crippen molar-refractivity contribution in [2.75, 3.05) is 18.5 Å². The fourth-order valence-corrected chi connectivity index (χ4v) is 1.73. The molecule has 1 atom stereocenters. The standard InChI is InChI=1S/C10H16Br2O4/c1-3-15-9(13)8(5-7(12)6-11)10(14)16-4-2/h7-8H,3-6H2,1-2H3. The topological polar surface area (TPSA) is 52.6 Å². The number of hydrogen-bond acceptors (Lipinski definition) is 4. The second-order valence-corrected chi connectivity index (χ2v) is 4.99. The molecule has 16 heavy (non-hydrogen) atoms. The lowest BCUT2D eigenvalue weighted by Crippen LogP contribution is -2.30. The van der Waals surface area contributed by atoms with E-state index in [4.69, 9.17) is 9.47 Å². The van der Waals surface area contributed by atoms with Gasteiger partial charge in [-0.05, 0) is 20.3 Å². The molecule has 0 amide bonds. The second kappa shape index (κ2) is 8.98. The van der Waals surface area contributed by atoms with Crippen LogP contribution in [-0.2, 0) is 19.1 Å². The van der Waals surface area contributed by atoms with Crippen LogP contribution in [0.3, 0.4) is 0 Å². The minimum atomic E-state index is -0.846. The van der Waals surface area contributed by atoms with E-state index in [9.17, 15) is 9.59 Å². The quantitative estimate of drug-likeness (QED) is 0.397. The van der Waals surface area contributed by atoms with E-state index < -0.39 is 17.9 Å². The Bertz CT molecular complexity index is 215. The van der Waals surface area contributed by atoms with Gasteiger partial charge >= 0.3 is 11.9 Å².